The third kappa shape index (κ3) is 1.93. The van der Waals surface area contributed by atoms with Crippen LogP contribution in [0.3, 0.4) is 0 Å². The quantitative estimate of drug-likeness (QED) is 0.581. The van der Waals surface area contributed by atoms with Crippen molar-refractivity contribution >= 4 is 0 Å². The average molecular weight is 220 g/mol. The van der Waals surface area contributed by atoms with Crippen LogP contribution in [0.2, 0.25) is 0 Å². The smallest absolute Gasteiger partial charge is 0.0263 e. The van der Waals surface area contributed by atoms with Crippen LogP contribution in [0.1, 0.15) is 71.6 Å². The van der Waals surface area contributed by atoms with Gasteiger partial charge in [0.15, 0.2) is 0 Å². The molecule has 3 saturated carbocycles. The summed E-state index contributed by atoms with van der Waals surface area (Å²) >= 11 is 0. The van der Waals surface area contributed by atoms with Gasteiger partial charge in [0.2, 0.25) is 0 Å². The van der Waals surface area contributed by atoms with Crippen molar-refractivity contribution < 1.29 is 0 Å². The summed E-state index contributed by atoms with van der Waals surface area (Å²) in [5.41, 5.74) is 0.873. The van der Waals surface area contributed by atoms with E-state index in [2.05, 4.69) is 13.8 Å². The second kappa shape index (κ2) is 4.03. The Bertz CT molecular complexity index is 239. The number of hydrogen-bond acceptors (Lipinski definition) is 0. The van der Waals surface area contributed by atoms with Crippen LogP contribution in [0.25, 0.3) is 0 Å². The minimum Gasteiger partial charge on any atom is -0.0625 e. The van der Waals surface area contributed by atoms with Crippen LogP contribution in [-0.2, 0) is 0 Å². The number of hydrogen-bond donors (Lipinski definition) is 0. The standard InChI is InChI=1S/C16H28/c1-12-3-5-14(6-4-12)15-11-16(15)9-7-13(2)8-10-16/h12-15H,3-11H2,1-2H3. The Morgan fingerprint density at radius 3 is 1.94 bits per heavy atom. The predicted octanol–water partition coefficient (Wildman–Crippen LogP) is 5.03. The second-order valence-corrected chi connectivity index (χ2v) is 7.38. The monoisotopic (exact) mass is 220 g/mol. The third-order valence-corrected chi connectivity index (χ3v) is 6.15. The van der Waals surface area contributed by atoms with Gasteiger partial charge >= 0.3 is 0 Å². The van der Waals surface area contributed by atoms with Crippen molar-refractivity contribution in [2.75, 3.05) is 0 Å². The van der Waals surface area contributed by atoms with Gasteiger partial charge in [-0.3, -0.25) is 0 Å². The van der Waals surface area contributed by atoms with Gasteiger partial charge in [-0.05, 0) is 61.2 Å². The van der Waals surface area contributed by atoms with Crippen molar-refractivity contribution in [3.63, 3.8) is 0 Å². The van der Waals surface area contributed by atoms with Crippen LogP contribution in [0, 0.1) is 29.1 Å². The molecule has 3 fully saturated rings. The zero-order valence-corrected chi connectivity index (χ0v) is 11.2. The van der Waals surface area contributed by atoms with E-state index in [1.54, 1.807) is 32.1 Å². The van der Waals surface area contributed by atoms with E-state index in [9.17, 15) is 0 Å². The molecule has 0 bridgehead atoms. The molecule has 16 heavy (non-hydrogen) atoms. The van der Waals surface area contributed by atoms with Gasteiger partial charge in [0.25, 0.3) is 0 Å². The Balaban J connectivity index is 1.55. The SMILES string of the molecule is CC1CCC(C2CC23CCC(C)CC3)CC1. The third-order valence-electron chi connectivity index (χ3n) is 6.15. The molecule has 92 valence electrons. The molecule has 0 aliphatic heterocycles. The van der Waals surface area contributed by atoms with E-state index < -0.39 is 0 Å². The molecule has 0 amide bonds. The highest BCUT2D eigenvalue weighted by Crippen LogP contribution is 2.66. The minimum atomic E-state index is 0.873. The lowest BCUT2D eigenvalue weighted by Gasteiger charge is -2.32. The fourth-order valence-corrected chi connectivity index (χ4v) is 4.65. The molecule has 0 heterocycles. The summed E-state index contributed by atoms with van der Waals surface area (Å²) in [5, 5.41) is 0. The summed E-state index contributed by atoms with van der Waals surface area (Å²) < 4.78 is 0. The van der Waals surface area contributed by atoms with Crippen molar-refractivity contribution in [3.05, 3.63) is 0 Å². The maximum Gasteiger partial charge on any atom is -0.0263 e. The maximum absolute atomic E-state index is 2.45. The second-order valence-electron chi connectivity index (χ2n) is 7.38. The van der Waals surface area contributed by atoms with Crippen LogP contribution >= 0.6 is 0 Å². The Labute approximate surface area is 101 Å². The molecule has 1 atom stereocenters. The van der Waals surface area contributed by atoms with E-state index in [1.807, 2.05) is 0 Å². The average Bonchev–Trinajstić information content (AvgIpc) is 2.99. The first kappa shape index (κ1) is 11.1. The first-order valence-corrected chi connectivity index (χ1v) is 7.70. The van der Waals surface area contributed by atoms with E-state index in [0.29, 0.717) is 0 Å². The molecule has 0 nitrogen and oxygen atoms in total. The molecule has 0 saturated heterocycles. The van der Waals surface area contributed by atoms with E-state index in [4.69, 9.17) is 0 Å². The molecule has 1 spiro atoms. The van der Waals surface area contributed by atoms with Crippen LogP contribution in [0.5, 0.6) is 0 Å². The van der Waals surface area contributed by atoms with Crippen molar-refractivity contribution in [2.24, 2.45) is 29.1 Å². The van der Waals surface area contributed by atoms with E-state index >= 15 is 0 Å². The number of rotatable bonds is 1. The van der Waals surface area contributed by atoms with Gasteiger partial charge in [-0.25, -0.2) is 0 Å². The highest BCUT2D eigenvalue weighted by atomic mass is 14.6. The zero-order valence-electron chi connectivity index (χ0n) is 11.2. The van der Waals surface area contributed by atoms with E-state index in [1.165, 1.54) is 25.7 Å². The lowest BCUT2D eigenvalue weighted by molar-refractivity contribution is 0.191. The van der Waals surface area contributed by atoms with Crippen molar-refractivity contribution in [1.82, 2.24) is 0 Å². The molecule has 0 heteroatoms. The van der Waals surface area contributed by atoms with Crippen molar-refractivity contribution in [1.29, 1.82) is 0 Å². The largest absolute Gasteiger partial charge is 0.0625 e. The molecular weight excluding hydrogens is 192 g/mol. The summed E-state index contributed by atoms with van der Waals surface area (Å²) in [6.45, 7) is 4.90. The molecule has 3 rings (SSSR count). The molecule has 0 radical (unpaired) electrons. The lowest BCUT2D eigenvalue weighted by Crippen LogP contribution is -2.21. The highest BCUT2D eigenvalue weighted by Gasteiger charge is 2.57. The summed E-state index contributed by atoms with van der Waals surface area (Å²) in [6, 6.07) is 0. The van der Waals surface area contributed by atoms with Crippen molar-refractivity contribution in [3.8, 4) is 0 Å². The van der Waals surface area contributed by atoms with Gasteiger partial charge in [0.05, 0.1) is 0 Å². The summed E-state index contributed by atoms with van der Waals surface area (Å²) in [7, 11) is 0. The lowest BCUT2D eigenvalue weighted by atomic mass is 9.74. The first-order chi connectivity index (χ1) is 7.70. The highest BCUT2D eigenvalue weighted by molar-refractivity contribution is 5.06. The van der Waals surface area contributed by atoms with Gasteiger partial charge in [0, 0.05) is 0 Å². The topological polar surface area (TPSA) is 0 Å². The predicted molar refractivity (Wildman–Crippen MR) is 69.3 cm³/mol. The zero-order chi connectivity index (χ0) is 11.2. The van der Waals surface area contributed by atoms with Crippen LogP contribution in [0.15, 0.2) is 0 Å². The molecule has 3 aliphatic rings. The molecule has 3 aliphatic carbocycles. The molecule has 0 aromatic carbocycles. The first-order valence-electron chi connectivity index (χ1n) is 7.70. The van der Waals surface area contributed by atoms with Gasteiger partial charge in [-0.2, -0.15) is 0 Å². The normalized spacial score (nSPS) is 52.9. The summed E-state index contributed by atoms with van der Waals surface area (Å²) in [4.78, 5) is 0. The molecule has 0 N–H and O–H groups in total. The summed E-state index contributed by atoms with van der Waals surface area (Å²) in [5.74, 6) is 4.34. The fraction of sp³-hybridized carbons (Fsp3) is 1.00. The fourth-order valence-electron chi connectivity index (χ4n) is 4.65. The van der Waals surface area contributed by atoms with Crippen molar-refractivity contribution in [2.45, 2.75) is 71.6 Å². The van der Waals surface area contributed by atoms with E-state index in [-0.39, 0.29) is 0 Å². The van der Waals surface area contributed by atoms with Gasteiger partial charge in [-0.1, -0.05) is 39.5 Å². The summed E-state index contributed by atoms with van der Waals surface area (Å²) in [6.07, 6.45) is 14.0. The molecule has 1 unspecified atom stereocenters. The van der Waals surface area contributed by atoms with Gasteiger partial charge in [0.1, 0.15) is 0 Å². The van der Waals surface area contributed by atoms with Gasteiger partial charge < -0.3 is 0 Å². The molecule has 0 aromatic rings. The van der Waals surface area contributed by atoms with Crippen LogP contribution < -0.4 is 0 Å². The minimum absolute atomic E-state index is 0.873. The van der Waals surface area contributed by atoms with Crippen LogP contribution in [-0.4, -0.2) is 0 Å². The molecular formula is C16H28. The Kier molecular flexibility index (Phi) is 2.80. The Morgan fingerprint density at radius 2 is 1.31 bits per heavy atom. The Hall–Kier alpha value is 0. The Morgan fingerprint density at radius 1 is 0.750 bits per heavy atom. The molecule has 0 aromatic heterocycles. The van der Waals surface area contributed by atoms with Crippen LogP contribution in [0.4, 0.5) is 0 Å². The van der Waals surface area contributed by atoms with Gasteiger partial charge in [-0.15, -0.1) is 0 Å². The maximum atomic E-state index is 2.45. The van der Waals surface area contributed by atoms with E-state index in [0.717, 1.165) is 29.1 Å².